The Kier molecular flexibility index (Phi) is 7.25. The lowest BCUT2D eigenvalue weighted by atomic mass is 10.0. The van der Waals surface area contributed by atoms with Gasteiger partial charge in [-0.25, -0.2) is 0 Å². The predicted molar refractivity (Wildman–Crippen MR) is 105 cm³/mol. The number of benzene rings is 1. The van der Waals surface area contributed by atoms with Crippen LogP contribution in [0.25, 0.3) is 0 Å². The van der Waals surface area contributed by atoms with Crippen LogP contribution in [0.2, 0.25) is 5.02 Å². The number of nitroso groups, excluding NO2 is 1. The number of allylic oxidation sites excluding steroid dienone is 5. The molecule has 0 aliphatic heterocycles. The molecule has 1 amide bonds. The number of rotatable bonds is 7. The van der Waals surface area contributed by atoms with Crippen molar-refractivity contribution in [1.82, 2.24) is 0 Å². The van der Waals surface area contributed by atoms with E-state index in [9.17, 15) is 14.5 Å². The monoisotopic (exact) mass is 386 g/mol. The molecule has 1 aromatic rings. The predicted octanol–water partition coefficient (Wildman–Crippen LogP) is 5.00. The first kappa shape index (κ1) is 20.3. The highest BCUT2D eigenvalue weighted by Gasteiger charge is 2.20. The van der Waals surface area contributed by atoms with Gasteiger partial charge in [-0.3, -0.25) is 9.59 Å². The van der Waals surface area contributed by atoms with E-state index in [0.29, 0.717) is 23.6 Å². The summed E-state index contributed by atoms with van der Waals surface area (Å²) >= 11 is 6.07. The quantitative estimate of drug-likeness (QED) is 0.644. The molecule has 0 atom stereocenters. The van der Waals surface area contributed by atoms with Gasteiger partial charge in [-0.05, 0) is 53.4 Å². The number of halogens is 1. The van der Waals surface area contributed by atoms with Gasteiger partial charge in [-0.15, -0.1) is 4.91 Å². The first-order chi connectivity index (χ1) is 13.0. The van der Waals surface area contributed by atoms with Gasteiger partial charge < -0.3 is 10.4 Å². The minimum atomic E-state index is -0.931. The first-order valence-corrected chi connectivity index (χ1v) is 8.75. The second kappa shape index (κ2) is 9.64. The molecule has 27 heavy (non-hydrogen) atoms. The van der Waals surface area contributed by atoms with Crippen LogP contribution in [0.1, 0.15) is 26.2 Å². The average Bonchev–Trinajstić information content (AvgIpc) is 2.82. The van der Waals surface area contributed by atoms with Crippen molar-refractivity contribution in [3.8, 4) is 0 Å². The van der Waals surface area contributed by atoms with Gasteiger partial charge in [0.15, 0.2) is 0 Å². The minimum absolute atomic E-state index is 0.0344. The fourth-order valence-electron chi connectivity index (χ4n) is 2.62. The molecule has 0 saturated carbocycles. The van der Waals surface area contributed by atoms with E-state index in [1.165, 1.54) is 6.08 Å². The van der Waals surface area contributed by atoms with E-state index in [4.69, 9.17) is 16.7 Å². The summed E-state index contributed by atoms with van der Waals surface area (Å²) in [7, 11) is 0. The van der Waals surface area contributed by atoms with E-state index >= 15 is 0 Å². The van der Waals surface area contributed by atoms with Crippen LogP contribution in [0, 0.1) is 4.91 Å². The van der Waals surface area contributed by atoms with E-state index in [-0.39, 0.29) is 17.7 Å². The number of para-hydroxylation sites is 1. The van der Waals surface area contributed by atoms with Crippen LogP contribution in [0.3, 0.4) is 0 Å². The molecular formula is C20H19ClN2O4. The van der Waals surface area contributed by atoms with Gasteiger partial charge in [-0.1, -0.05) is 42.8 Å². The highest BCUT2D eigenvalue weighted by atomic mass is 35.5. The maximum Gasteiger partial charge on any atom is 0.307 e. The molecule has 140 valence electrons. The number of carbonyl (C=O) groups excluding carboxylic acids is 1. The second-order valence-corrected chi connectivity index (χ2v) is 6.19. The largest absolute Gasteiger partial charge is 0.481 e. The highest BCUT2D eigenvalue weighted by molar-refractivity contribution is 6.34. The molecule has 1 aliphatic rings. The minimum Gasteiger partial charge on any atom is -0.481 e. The van der Waals surface area contributed by atoms with Crippen molar-refractivity contribution >= 4 is 29.2 Å². The molecule has 0 fully saturated rings. The number of hydrogen-bond acceptors (Lipinski definition) is 4. The van der Waals surface area contributed by atoms with Gasteiger partial charge in [0, 0.05) is 0 Å². The average molecular weight is 387 g/mol. The Morgan fingerprint density at radius 3 is 2.70 bits per heavy atom. The third-order valence-electron chi connectivity index (χ3n) is 3.98. The molecule has 0 saturated heterocycles. The maximum atomic E-state index is 12.7. The molecule has 2 rings (SSSR count). The summed E-state index contributed by atoms with van der Waals surface area (Å²) in [4.78, 5) is 34.7. The van der Waals surface area contributed by atoms with Gasteiger partial charge in [0.25, 0.3) is 5.91 Å². The number of nitrogens with zero attached hydrogens (tertiary/aromatic N) is 1. The van der Waals surface area contributed by atoms with Crippen molar-refractivity contribution in [1.29, 1.82) is 0 Å². The summed E-state index contributed by atoms with van der Waals surface area (Å²) in [6, 6.07) is 6.79. The van der Waals surface area contributed by atoms with Crippen molar-refractivity contribution in [2.45, 2.75) is 26.2 Å². The Labute approximate surface area is 161 Å². The van der Waals surface area contributed by atoms with Crippen LogP contribution in [0.5, 0.6) is 0 Å². The molecule has 1 aliphatic carbocycles. The standard InChI is InChI=1S/C20H19ClN2O4/c1-2-13-12-15(20(26)22-18-8-4-3-7-16(18)21)17(23-27)11-10-14(13)6-5-9-19(24)25/h3-8,11-12H,2,9-10H2,1H3,(H,22,26)(H,24,25)/b6-5-. The lowest BCUT2D eigenvalue weighted by Crippen LogP contribution is -2.15. The molecule has 7 heteroatoms. The number of carbonyl (C=O) groups is 2. The molecule has 0 heterocycles. The Bertz CT molecular complexity index is 882. The summed E-state index contributed by atoms with van der Waals surface area (Å²) in [6.07, 6.45) is 7.30. The lowest BCUT2D eigenvalue weighted by Gasteiger charge is -2.09. The van der Waals surface area contributed by atoms with E-state index in [0.717, 1.165) is 11.1 Å². The van der Waals surface area contributed by atoms with Crippen LogP contribution in [0.4, 0.5) is 5.69 Å². The summed E-state index contributed by atoms with van der Waals surface area (Å²) in [5, 5.41) is 14.8. The Balaban J connectivity index is 2.37. The summed E-state index contributed by atoms with van der Waals surface area (Å²) in [5.74, 6) is -1.42. The zero-order chi connectivity index (χ0) is 19.8. The second-order valence-electron chi connectivity index (χ2n) is 5.78. The topological polar surface area (TPSA) is 95.8 Å². The van der Waals surface area contributed by atoms with Gasteiger partial charge >= 0.3 is 5.97 Å². The molecule has 2 N–H and O–H groups in total. The van der Waals surface area contributed by atoms with Crippen molar-refractivity contribution in [2.24, 2.45) is 5.18 Å². The van der Waals surface area contributed by atoms with Crippen molar-refractivity contribution in [3.63, 3.8) is 0 Å². The fraction of sp³-hybridized carbons (Fsp3) is 0.200. The zero-order valence-corrected chi connectivity index (χ0v) is 15.5. The molecule has 0 spiro atoms. The number of carboxylic acids is 1. The van der Waals surface area contributed by atoms with Crippen LogP contribution in [-0.4, -0.2) is 17.0 Å². The Morgan fingerprint density at radius 2 is 2.07 bits per heavy atom. The molecule has 6 nitrogen and oxygen atoms in total. The molecule has 0 unspecified atom stereocenters. The molecule has 0 radical (unpaired) electrons. The summed E-state index contributed by atoms with van der Waals surface area (Å²) in [6.45, 7) is 1.92. The van der Waals surface area contributed by atoms with Gasteiger partial charge in [0.1, 0.15) is 5.70 Å². The number of nitrogens with one attached hydrogen (secondary N) is 1. The highest BCUT2D eigenvalue weighted by Crippen LogP contribution is 2.28. The van der Waals surface area contributed by atoms with Gasteiger partial charge in [-0.2, -0.15) is 0 Å². The van der Waals surface area contributed by atoms with Gasteiger partial charge in [0.05, 0.1) is 22.7 Å². The van der Waals surface area contributed by atoms with Crippen molar-refractivity contribution in [3.05, 3.63) is 80.9 Å². The van der Waals surface area contributed by atoms with Crippen LogP contribution in [0.15, 0.2) is 76.2 Å². The fourth-order valence-corrected chi connectivity index (χ4v) is 2.80. The van der Waals surface area contributed by atoms with E-state index < -0.39 is 11.9 Å². The molecular weight excluding hydrogens is 368 g/mol. The van der Waals surface area contributed by atoms with Crippen LogP contribution in [-0.2, 0) is 9.59 Å². The van der Waals surface area contributed by atoms with Crippen LogP contribution >= 0.6 is 11.6 Å². The third-order valence-corrected chi connectivity index (χ3v) is 4.31. The Morgan fingerprint density at radius 1 is 1.33 bits per heavy atom. The number of anilines is 1. The smallest absolute Gasteiger partial charge is 0.307 e. The molecule has 0 aromatic heterocycles. The van der Waals surface area contributed by atoms with Crippen molar-refractivity contribution < 1.29 is 14.7 Å². The summed E-state index contributed by atoms with van der Waals surface area (Å²) in [5.41, 5.74) is 2.27. The SMILES string of the molecule is CCC1=C(/C=C\CC(=O)O)CC=C(N=O)C(C(=O)Nc2ccccc2Cl)=C1. The van der Waals surface area contributed by atoms with E-state index in [2.05, 4.69) is 10.5 Å². The van der Waals surface area contributed by atoms with Gasteiger partial charge in [0.2, 0.25) is 0 Å². The lowest BCUT2D eigenvalue weighted by molar-refractivity contribution is -0.136. The first-order valence-electron chi connectivity index (χ1n) is 8.38. The van der Waals surface area contributed by atoms with Crippen LogP contribution < -0.4 is 5.32 Å². The normalized spacial score (nSPS) is 14.4. The third kappa shape index (κ3) is 5.49. The van der Waals surface area contributed by atoms with Crippen molar-refractivity contribution in [2.75, 3.05) is 5.32 Å². The van der Waals surface area contributed by atoms with E-state index in [1.54, 1.807) is 42.5 Å². The summed E-state index contributed by atoms with van der Waals surface area (Å²) < 4.78 is 0. The zero-order valence-electron chi connectivity index (χ0n) is 14.7. The maximum absolute atomic E-state index is 12.7. The number of carboxylic acid groups (broad SMARTS) is 1. The molecule has 0 bridgehead atoms. The molecule has 1 aromatic carbocycles. The number of hydrogen-bond donors (Lipinski definition) is 2. The number of amides is 1. The number of aliphatic carboxylic acids is 1. The Hall–Kier alpha value is -2.99. The van der Waals surface area contributed by atoms with E-state index in [1.807, 2.05) is 6.92 Å².